The van der Waals surface area contributed by atoms with E-state index in [1.165, 1.54) is 44.1 Å². The summed E-state index contributed by atoms with van der Waals surface area (Å²) in [5.41, 5.74) is 1.93. The summed E-state index contributed by atoms with van der Waals surface area (Å²) in [5.74, 6) is 0.947. The van der Waals surface area contributed by atoms with Gasteiger partial charge in [-0.05, 0) is 61.8 Å². The highest BCUT2D eigenvalue weighted by atomic mass is 16.5. The molecule has 0 bridgehead atoms. The maximum absolute atomic E-state index is 5.26. The van der Waals surface area contributed by atoms with E-state index >= 15 is 0 Å². The molecule has 118 valence electrons. The van der Waals surface area contributed by atoms with Gasteiger partial charge in [0.15, 0.2) is 0 Å². The zero-order chi connectivity index (χ0) is 15.1. The van der Waals surface area contributed by atoms with Gasteiger partial charge in [-0.1, -0.05) is 38.8 Å². The lowest BCUT2D eigenvalue weighted by Gasteiger charge is -2.38. The molecular formula is C19H31NO. The molecule has 0 saturated heterocycles. The molecule has 1 unspecified atom stereocenters. The van der Waals surface area contributed by atoms with Gasteiger partial charge in [-0.25, -0.2) is 0 Å². The number of hydrogen-bond donors (Lipinski definition) is 1. The summed E-state index contributed by atoms with van der Waals surface area (Å²) >= 11 is 0. The fourth-order valence-electron chi connectivity index (χ4n) is 3.85. The first-order valence-electron chi connectivity index (χ1n) is 8.60. The highest BCUT2D eigenvalue weighted by Gasteiger charge is 2.39. The van der Waals surface area contributed by atoms with Crippen molar-refractivity contribution in [3.05, 3.63) is 29.8 Å². The summed E-state index contributed by atoms with van der Waals surface area (Å²) in [7, 11) is 1.73. The lowest BCUT2D eigenvalue weighted by Crippen LogP contribution is -2.45. The van der Waals surface area contributed by atoms with Crippen LogP contribution >= 0.6 is 0 Å². The van der Waals surface area contributed by atoms with Gasteiger partial charge in [0, 0.05) is 6.04 Å². The van der Waals surface area contributed by atoms with Crippen LogP contribution in [0.1, 0.15) is 57.9 Å². The van der Waals surface area contributed by atoms with Crippen LogP contribution in [0.2, 0.25) is 0 Å². The SMILES string of the molecule is CCCNC(Cc1ccc(OC)cc1)C1(CC)CCCC1. The molecule has 0 spiro atoms. The molecule has 1 N–H and O–H groups in total. The second-order valence-corrected chi connectivity index (χ2v) is 6.48. The van der Waals surface area contributed by atoms with Crippen molar-refractivity contribution in [2.45, 2.75) is 64.8 Å². The lowest BCUT2D eigenvalue weighted by molar-refractivity contribution is 0.184. The molecule has 1 atom stereocenters. The molecular weight excluding hydrogens is 258 g/mol. The van der Waals surface area contributed by atoms with Gasteiger partial charge in [0.2, 0.25) is 0 Å². The van der Waals surface area contributed by atoms with E-state index in [1.807, 2.05) is 0 Å². The van der Waals surface area contributed by atoms with Gasteiger partial charge in [0.25, 0.3) is 0 Å². The molecule has 1 aromatic rings. The first kappa shape index (κ1) is 16.4. The van der Waals surface area contributed by atoms with Crippen LogP contribution < -0.4 is 10.1 Å². The van der Waals surface area contributed by atoms with Crippen molar-refractivity contribution in [2.24, 2.45) is 5.41 Å². The summed E-state index contributed by atoms with van der Waals surface area (Å²) in [6, 6.07) is 9.22. The minimum Gasteiger partial charge on any atom is -0.497 e. The van der Waals surface area contributed by atoms with E-state index in [9.17, 15) is 0 Å². The maximum atomic E-state index is 5.26. The van der Waals surface area contributed by atoms with E-state index in [2.05, 4.69) is 43.4 Å². The second kappa shape index (κ2) is 7.84. The Labute approximate surface area is 130 Å². The Morgan fingerprint density at radius 3 is 2.33 bits per heavy atom. The Morgan fingerprint density at radius 2 is 1.81 bits per heavy atom. The molecule has 1 saturated carbocycles. The van der Waals surface area contributed by atoms with Crippen molar-refractivity contribution < 1.29 is 4.74 Å². The van der Waals surface area contributed by atoms with Gasteiger partial charge >= 0.3 is 0 Å². The Bertz CT molecular complexity index is 406. The predicted molar refractivity (Wildman–Crippen MR) is 90.0 cm³/mol. The number of hydrogen-bond acceptors (Lipinski definition) is 2. The Morgan fingerprint density at radius 1 is 1.14 bits per heavy atom. The highest BCUT2D eigenvalue weighted by molar-refractivity contribution is 5.28. The third-order valence-electron chi connectivity index (χ3n) is 5.28. The van der Waals surface area contributed by atoms with Crippen molar-refractivity contribution in [3.63, 3.8) is 0 Å². The van der Waals surface area contributed by atoms with Gasteiger partial charge in [-0.15, -0.1) is 0 Å². The van der Waals surface area contributed by atoms with Gasteiger partial charge in [0.05, 0.1) is 7.11 Å². The molecule has 1 aliphatic rings. The average molecular weight is 289 g/mol. The van der Waals surface area contributed by atoms with Gasteiger partial charge < -0.3 is 10.1 Å². The number of benzene rings is 1. The van der Waals surface area contributed by atoms with E-state index in [0.29, 0.717) is 11.5 Å². The molecule has 1 fully saturated rings. The lowest BCUT2D eigenvalue weighted by atomic mass is 9.74. The Hall–Kier alpha value is -1.02. The van der Waals surface area contributed by atoms with E-state index in [1.54, 1.807) is 7.11 Å². The third-order valence-corrected chi connectivity index (χ3v) is 5.28. The largest absolute Gasteiger partial charge is 0.497 e. The maximum Gasteiger partial charge on any atom is 0.118 e. The third kappa shape index (κ3) is 4.00. The zero-order valence-corrected chi connectivity index (χ0v) is 14.0. The molecule has 1 aliphatic carbocycles. The number of methoxy groups -OCH3 is 1. The van der Waals surface area contributed by atoms with Gasteiger partial charge in [-0.2, -0.15) is 0 Å². The average Bonchev–Trinajstić information content (AvgIpc) is 3.02. The van der Waals surface area contributed by atoms with Crippen molar-refractivity contribution in [3.8, 4) is 5.75 Å². The first-order valence-corrected chi connectivity index (χ1v) is 8.60. The van der Waals surface area contributed by atoms with Crippen LogP contribution in [0, 0.1) is 5.41 Å². The van der Waals surface area contributed by atoms with Crippen molar-refractivity contribution in [1.29, 1.82) is 0 Å². The zero-order valence-electron chi connectivity index (χ0n) is 14.0. The summed E-state index contributed by atoms with van der Waals surface area (Å²) in [5, 5.41) is 3.85. The summed E-state index contributed by atoms with van der Waals surface area (Å²) in [6.45, 7) is 5.76. The van der Waals surface area contributed by atoms with E-state index in [-0.39, 0.29) is 0 Å². The molecule has 0 aromatic heterocycles. The molecule has 21 heavy (non-hydrogen) atoms. The van der Waals surface area contributed by atoms with Crippen LogP contribution in [0.5, 0.6) is 5.75 Å². The van der Waals surface area contributed by atoms with Crippen LogP contribution in [0.3, 0.4) is 0 Å². The van der Waals surface area contributed by atoms with Crippen molar-refractivity contribution in [2.75, 3.05) is 13.7 Å². The summed E-state index contributed by atoms with van der Waals surface area (Å²) < 4.78 is 5.26. The molecule has 2 heteroatoms. The monoisotopic (exact) mass is 289 g/mol. The Kier molecular flexibility index (Phi) is 6.10. The number of ether oxygens (including phenoxy) is 1. The number of rotatable bonds is 8. The fourth-order valence-corrected chi connectivity index (χ4v) is 3.85. The van der Waals surface area contributed by atoms with Crippen LogP contribution in [-0.2, 0) is 6.42 Å². The van der Waals surface area contributed by atoms with E-state index < -0.39 is 0 Å². The molecule has 0 aliphatic heterocycles. The molecule has 0 amide bonds. The van der Waals surface area contributed by atoms with E-state index in [0.717, 1.165) is 18.7 Å². The van der Waals surface area contributed by atoms with Crippen molar-refractivity contribution in [1.82, 2.24) is 5.32 Å². The first-order chi connectivity index (χ1) is 10.2. The van der Waals surface area contributed by atoms with Crippen LogP contribution in [0.15, 0.2) is 24.3 Å². The standard InChI is InChI=1S/C19H31NO/c1-4-14-20-18(19(5-2)12-6-7-13-19)15-16-8-10-17(21-3)11-9-16/h8-11,18,20H,4-7,12-15H2,1-3H3. The van der Waals surface area contributed by atoms with Gasteiger partial charge in [0.1, 0.15) is 5.75 Å². The highest BCUT2D eigenvalue weighted by Crippen LogP contribution is 2.44. The fraction of sp³-hybridized carbons (Fsp3) is 0.684. The van der Waals surface area contributed by atoms with Gasteiger partial charge in [-0.3, -0.25) is 0 Å². The summed E-state index contributed by atoms with van der Waals surface area (Å²) in [6.07, 6.45) is 9.23. The molecule has 2 rings (SSSR count). The van der Waals surface area contributed by atoms with E-state index in [4.69, 9.17) is 4.74 Å². The second-order valence-electron chi connectivity index (χ2n) is 6.48. The Balaban J connectivity index is 2.11. The van der Waals surface area contributed by atoms with Crippen molar-refractivity contribution >= 4 is 0 Å². The minimum atomic E-state index is 0.509. The topological polar surface area (TPSA) is 21.3 Å². The molecule has 1 aromatic carbocycles. The molecule has 0 radical (unpaired) electrons. The smallest absolute Gasteiger partial charge is 0.118 e. The molecule has 0 heterocycles. The molecule has 2 nitrogen and oxygen atoms in total. The predicted octanol–water partition coefficient (Wildman–Crippen LogP) is 4.58. The normalized spacial score (nSPS) is 18.6. The van der Waals surface area contributed by atoms with Crippen LogP contribution in [0.4, 0.5) is 0 Å². The van der Waals surface area contributed by atoms with Crippen LogP contribution in [0.25, 0.3) is 0 Å². The minimum absolute atomic E-state index is 0.509. The summed E-state index contributed by atoms with van der Waals surface area (Å²) in [4.78, 5) is 0. The van der Waals surface area contributed by atoms with Crippen LogP contribution in [-0.4, -0.2) is 19.7 Å². The quantitative estimate of drug-likeness (QED) is 0.756. The number of nitrogens with one attached hydrogen (secondary N) is 1.